The number of hydrogen-bond acceptors (Lipinski definition) is 6. The Balaban J connectivity index is 1.43. The van der Waals surface area contributed by atoms with Crippen LogP contribution in [0.5, 0.6) is 0 Å². The summed E-state index contributed by atoms with van der Waals surface area (Å²) in [7, 11) is -3.74. The van der Waals surface area contributed by atoms with Crippen LogP contribution in [0.4, 0.5) is 11.4 Å². The number of nitro benzene ring substituents is 1. The zero-order chi connectivity index (χ0) is 23.4. The fraction of sp³-hybridized carbons (Fsp3) is 0.696. The first kappa shape index (κ1) is 23.9. The van der Waals surface area contributed by atoms with Crippen molar-refractivity contribution < 1.29 is 18.1 Å². The van der Waals surface area contributed by atoms with Crippen molar-refractivity contribution in [2.75, 3.05) is 44.2 Å². The van der Waals surface area contributed by atoms with Crippen LogP contribution in [-0.2, 0) is 14.8 Å². The van der Waals surface area contributed by atoms with E-state index in [-0.39, 0.29) is 16.5 Å². The number of nitrogens with zero attached hydrogens (tertiary/aromatic N) is 4. The number of carbonyl (C=O) groups is 1. The standard InChI is InChI=1S/C23H34N4O5S/c28-23(17-19-7-3-1-4-8-19)25-15-13-24(14-16-25)21-10-9-20(18-22(21)27(29)30)33(31,32)26-11-5-2-6-12-26/h9-10,18-19H,1-8,11-17H2. The molecule has 1 aromatic carbocycles. The fourth-order valence-electron chi connectivity index (χ4n) is 5.30. The van der Waals surface area contributed by atoms with Crippen molar-refractivity contribution in [1.29, 1.82) is 0 Å². The third-order valence-electron chi connectivity index (χ3n) is 7.26. The van der Waals surface area contributed by atoms with Gasteiger partial charge in [-0.25, -0.2) is 8.42 Å². The lowest BCUT2D eigenvalue weighted by Gasteiger charge is -2.36. The van der Waals surface area contributed by atoms with Crippen LogP contribution in [0.25, 0.3) is 0 Å². The van der Waals surface area contributed by atoms with Gasteiger partial charge in [-0.3, -0.25) is 14.9 Å². The van der Waals surface area contributed by atoms with Crippen LogP contribution in [-0.4, -0.2) is 67.7 Å². The van der Waals surface area contributed by atoms with Gasteiger partial charge in [0.25, 0.3) is 5.69 Å². The largest absolute Gasteiger partial charge is 0.362 e. The Hall–Kier alpha value is -2.20. The molecule has 0 N–H and O–H groups in total. The van der Waals surface area contributed by atoms with Gasteiger partial charge in [0.15, 0.2) is 0 Å². The summed E-state index contributed by atoms with van der Waals surface area (Å²) < 4.78 is 27.4. The molecule has 3 fully saturated rings. The number of piperidine rings is 1. The molecule has 1 saturated carbocycles. The van der Waals surface area contributed by atoms with E-state index >= 15 is 0 Å². The van der Waals surface area contributed by atoms with E-state index in [0.717, 1.165) is 32.1 Å². The second-order valence-corrected chi connectivity index (χ2v) is 11.4. The Bertz CT molecular complexity index is 963. The molecular weight excluding hydrogens is 444 g/mol. The molecule has 0 unspecified atom stereocenters. The van der Waals surface area contributed by atoms with Gasteiger partial charge < -0.3 is 9.80 Å². The summed E-state index contributed by atoms with van der Waals surface area (Å²) in [4.78, 5) is 27.8. The highest BCUT2D eigenvalue weighted by Crippen LogP contribution is 2.33. The van der Waals surface area contributed by atoms with Crippen LogP contribution in [0.3, 0.4) is 0 Å². The summed E-state index contributed by atoms with van der Waals surface area (Å²) >= 11 is 0. The summed E-state index contributed by atoms with van der Waals surface area (Å²) in [6, 6.07) is 4.22. The Morgan fingerprint density at radius 1 is 0.939 bits per heavy atom. The fourth-order valence-corrected chi connectivity index (χ4v) is 6.83. The number of amides is 1. The monoisotopic (exact) mass is 478 g/mol. The van der Waals surface area contributed by atoms with Crippen molar-refractivity contribution >= 4 is 27.3 Å². The van der Waals surface area contributed by atoms with Gasteiger partial charge in [-0.05, 0) is 43.7 Å². The number of benzene rings is 1. The predicted octanol–water partition coefficient (Wildman–Crippen LogP) is 3.39. The normalized spacial score (nSPS) is 21.2. The van der Waals surface area contributed by atoms with Gasteiger partial charge in [-0.15, -0.1) is 0 Å². The van der Waals surface area contributed by atoms with E-state index in [0.29, 0.717) is 57.3 Å². The van der Waals surface area contributed by atoms with Gasteiger partial charge >= 0.3 is 0 Å². The molecular formula is C23H34N4O5S. The second-order valence-electron chi connectivity index (χ2n) is 9.45. The molecule has 0 spiro atoms. The Morgan fingerprint density at radius 2 is 1.58 bits per heavy atom. The maximum absolute atomic E-state index is 13.0. The SMILES string of the molecule is O=C(CC1CCCCC1)N1CCN(c2ccc(S(=O)(=O)N3CCCCC3)cc2[N+](=O)[O-])CC1. The van der Waals surface area contributed by atoms with E-state index < -0.39 is 14.9 Å². The van der Waals surface area contributed by atoms with E-state index in [2.05, 4.69) is 0 Å². The second kappa shape index (κ2) is 10.4. The average molecular weight is 479 g/mol. The topological polar surface area (TPSA) is 104 Å². The number of rotatable bonds is 6. The van der Waals surface area contributed by atoms with Crippen LogP contribution in [0.15, 0.2) is 23.1 Å². The molecule has 0 radical (unpaired) electrons. The van der Waals surface area contributed by atoms with Crippen LogP contribution in [0.2, 0.25) is 0 Å². The first-order chi connectivity index (χ1) is 15.9. The van der Waals surface area contributed by atoms with Crippen molar-refractivity contribution in [1.82, 2.24) is 9.21 Å². The molecule has 0 aromatic heterocycles. The highest BCUT2D eigenvalue weighted by molar-refractivity contribution is 7.89. The number of piperazine rings is 1. The Kier molecular flexibility index (Phi) is 7.53. The minimum absolute atomic E-state index is 0.0267. The molecule has 1 aromatic rings. The molecule has 2 heterocycles. The molecule has 0 atom stereocenters. The van der Waals surface area contributed by atoms with Gasteiger partial charge in [0, 0.05) is 51.8 Å². The van der Waals surface area contributed by atoms with Crippen LogP contribution >= 0.6 is 0 Å². The van der Waals surface area contributed by atoms with Crippen LogP contribution < -0.4 is 4.90 Å². The summed E-state index contributed by atoms with van der Waals surface area (Å²) in [5.74, 6) is 0.666. The quantitative estimate of drug-likeness (QED) is 0.459. The van der Waals surface area contributed by atoms with Crippen molar-refractivity contribution in [3.05, 3.63) is 28.3 Å². The van der Waals surface area contributed by atoms with Gasteiger partial charge in [0.1, 0.15) is 5.69 Å². The average Bonchev–Trinajstić information content (AvgIpc) is 2.85. The molecule has 10 heteroatoms. The summed E-state index contributed by atoms with van der Waals surface area (Å²) in [5.41, 5.74) is 0.215. The molecule has 2 saturated heterocycles. The van der Waals surface area contributed by atoms with Gasteiger partial charge in [-0.2, -0.15) is 4.31 Å². The highest BCUT2D eigenvalue weighted by atomic mass is 32.2. The predicted molar refractivity (Wildman–Crippen MR) is 126 cm³/mol. The highest BCUT2D eigenvalue weighted by Gasteiger charge is 2.31. The van der Waals surface area contributed by atoms with Gasteiger partial charge in [0.05, 0.1) is 9.82 Å². The van der Waals surface area contributed by atoms with Crippen molar-refractivity contribution in [2.45, 2.75) is 62.7 Å². The molecule has 33 heavy (non-hydrogen) atoms. The molecule has 9 nitrogen and oxygen atoms in total. The lowest BCUT2D eigenvalue weighted by atomic mass is 9.86. The molecule has 4 rings (SSSR count). The van der Waals surface area contributed by atoms with E-state index in [4.69, 9.17) is 0 Å². The molecule has 2 aliphatic heterocycles. The van der Waals surface area contributed by atoms with Gasteiger partial charge in [0.2, 0.25) is 15.9 Å². The zero-order valence-electron chi connectivity index (χ0n) is 19.2. The number of carbonyl (C=O) groups excluding carboxylic acids is 1. The molecule has 182 valence electrons. The number of nitro groups is 1. The summed E-state index contributed by atoms with van der Waals surface area (Å²) in [6.07, 6.45) is 9.16. The maximum atomic E-state index is 13.0. The third kappa shape index (κ3) is 5.48. The number of hydrogen-bond donors (Lipinski definition) is 0. The minimum Gasteiger partial charge on any atom is -0.362 e. The van der Waals surface area contributed by atoms with E-state index in [1.807, 2.05) is 9.80 Å². The number of sulfonamides is 1. The smallest absolute Gasteiger partial charge is 0.293 e. The first-order valence-corrected chi connectivity index (χ1v) is 13.6. The Morgan fingerprint density at radius 3 is 2.21 bits per heavy atom. The molecule has 1 amide bonds. The molecule has 0 bridgehead atoms. The van der Waals surface area contributed by atoms with Crippen molar-refractivity contribution in [3.63, 3.8) is 0 Å². The van der Waals surface area contributed by atoms with E-state index in [1.54, 1.807) is 6.07 Å². The van der Waals surface area contributed by atoms with Crippen LogP contribution in [0, 0.1) is 16.0 Å². The zero-order valence-corrected chi connectivity index (χ0v) is 20.0. The first-order valence-electron chi connectivity index (χ1n) is 12.2. The maximum Gasteiger partial charge on any atom is 0.293 e. The summed E-state index contributed by atoms with van der Waals surface area (Å²) in [6.45, 7) is 2.95. The van der Waals surface area contributed by atoms with Crippen molar-refractivity contribution in [3.8, 4) is 0 Å². The van der Waals surface area contributed by atoms with E-state index in [9.17, 15) is 23.3 Å². The number of anilines is 1. The minimum atomic E-state index is -3.74. The lowest BCUT2D eigenvalue weighted by Crippen LogP contribution is -2.49. The Labute approximate surface area is 195 Å². The van der Waals surface area contributed by atoms with Crippen LogP contribution in [0.1, 0.15) is 57.8 Å². The lowest BCUT2D eigenvalue weighted by molar-refractivity contribution is -0.384. The molecule has 3 aliphatic rings. The van der Waals surface area contributed by atoms with E-state index in [1.165, 1.54) is 35.7 Å². The van der Waals surface area contributed by atoms with Crippen molar-refractivity contribution in [2.24, 2.45) is 5.92 Å². The van der Waals surface area contributed by atoms with Gasteiger partial charge in [-0.1, -0.05) is 25.7 Å². The molecule has 1 aliphatic carbocycles. The third-order valence-corrected chi connectivity index (χ3v) is 9.15. The summed E-state index contributed by atoms with van der Waals surface area (Å²) in [5, 5.41) is 11.8.